The predicted molar refractivity (Wildman–Crippen MR) is 109 cm³/mol. The van der Waals surface area contributed by atoms with Crippen molar-refractivity contribution in [3.8, 4) is 11.8 Å². The molecule has 0 atom stereocenters. The van der Waals surface area contributed by atoms with Crippen molar-refractivity contribution < 1.29 is 32.3 Å². The van der Waals surface area contributed by atoms with Gasteiger partial charge in [0, 0.05) is 5.56 Å². The molecule has 0 saturated carbocycles. The fourth-order valence-corrected chi connectivity index (χ4v) is 3.64. The number of nitrogens with zero attached hydrogens (tertiary/aromatic N) is 4. The Labute approximate surface area is 183 Å². The minimum absolute atomic E-state index is 0.0865. The number of oxime groups is 1. The number of halogens is 3. The molecule has 1 N–H and O–H groups in total. The van der Waals surface area contributed by atoms with Crippen LogP contribution in [0.5, 0.6) is 11.8 Å². The van der Waals surface area contributed by atoms with E-state index >= 15 is 0 Å². The van der Waals surface area contributed by atoms with E-state index in [1.807, 2.05) is 0 Å². The maximum absolute atomic E-state index is 13.8. The van der Waals surface area contributed by atoms with Crippen LogP contribution >= 0.6 is 11.3 Å². The molecule has 1 amide bonds. The first-order chi connectivity index (χ1) is 15.3. The van der Waals surface area contributed by atoms with Gasteiger partial charge in [-0.25, -0.2) is 15.0 Å². The van der Waals surface area contributed by atoms with Gasteiger partial charge in [0.2, 0.25) is 11.8 Å². The summed E-state index contributed by atoms with van der Waals surface area (Å²) < 4.78 is 51.3. The molecule has 168 valence electrons. The van der Waals surface area contributed by atoms with Crippen molar-refractivity contribution in [1.82, 2.24) is 15.0 Å². The number of rotatable bonds is 7. The molecule has 2 heterocycles. The Morgan fingerprint density at radius 3 is 2.22 bits per heavy atom. The normalized spacial score (nSPS) is 11.8. The molecular formula is C19H16F3N5O4S. The number of hydrogen-bond donors (Lipinski definition) is 1. The van der Waals surface area contributed by atoms with Crippen LogP contribution in [0.25, 0.3) is 0 Å². The lowest BCUT2D eigenvalue weighted by Gasteiger charge is -2.09. The summed E-state index contributed by atoms with van der Waals surface area (Å²) in [5.41, 5.74) is -1.13. The lowest BCUT2D eigenvalue weighted by atomic mass is 10.1. The Bertz CT molecular complexity index is 1110. The van der Waals surface area contributed by atoms with Gasteiger partial charge in [0.1, 0.15) is 19.1 Å². The summed E-state index contributed by atoms with van der Waals surface area (Å²) in [6.07, 6.45) is -3.70. The Kier molecular flexibility index (Phi) is 6.88. The SMILES string of the molecule is CO/N=C(\c1ccccc1)c1sc(NC(=O)c2c(OC)ncnc2OC)nc1C(F)(F)F. The first-order valence-corrected chi connectivity index (χ1v) is 9.61. The standard InChI is InChI=1S/C19H16F3N5O4S/c1-29-16-11(17(30-2)24-9-23-16)15(28)26-18-25-14(19(20,21)22)13(32-18)12(27-31-3)10-7-5-4-6-8-10/h4-9H,1-3H3,(H,25,26,28)/b27-12+. The van der Waals surface area contributed by atoms with Crippen LogP contribution in [0.4, 0.5) is 18.3 Å². The van der Waals surface area contributed by atoms with Gasteiger partial charge >= 0.3 is 6.18 Å². The summed E-state index contributed by atoms with van der Waals surface area (Å²) in [6, 6.07) is 8.15. The second-order valence-corrected chi connectivity index (χ2v) is 6.90. The van der Waals surface area contributed by atoms with E-state index in [1.54, 1.807) is 30.3 Å². The fraction of sp³-hybridized carbons (Fsp3) is 0.211. The van der Waals surface area contributed by atoms with E-state index in [2.05, 4.69) is 25.4 Å². The van der Waals surface area contributed by atoms with Crippen LogP contribution in [0.15, 0.2) is 41.8 Å². The van der Waals surface area contributed by atoms with Crippen LogP contribution in [0.3, 0.4) is 0 Å². The lowest BCUT2D eigenvalue weighted by Crippen LogP contribution is -2.16. The number of carbonyl (C=O) groups excluding carboxylic acids is 1. The van der Waals surface area contributed by atoms with E-state index in [0.717, 1.165) is 6.33 Å². The van der Waals surface area contributed by atoms with Gasteiger partial charge in [-0.2, -0.15) is 13.2 Å². The largest absolute Gasteiger partial charge is 0.480 e. The molecule has 0 aliphatic rings. The maximum Gasteiger partial charge on any atom is 0.434 e. The Morgan fingerprint density at radius 2 is 1.69 bits per heavy atom. The van der Waals surface area contributed by atoms with Crippen LogP contribution in [-0.4, -0.2) is 47.9 Å². The second kappa shape index (κ2) is 9.60. The first-order valence-electron chi connectivity index (χ1n) is 8.79. The molecule has 0 aliphatic carbocycles. The molecule has 0 saturated heterocycles. The maximum atomic E-state index is 13.8. The van der Waals surface area contributed by atoms with Crippen LogP contribution in [-0.2, 0) is 11.0 Å². The molecule has 0 aliphatic heterocycles. The molecule has 3 aromatic rings. The van der Waals surface area contributed by atoms with E-state index in [9.17, 15) is 18.0 Å². The zero-order valence-electron chi connectivity index (χ0n) is 16.9. The highest BCUT2D eigenvalue weighted by Crippen LogP contribution is 2.38. The van der Waals surface area contributed by atoms with E-state index in [-0.39, 0.29) is 33.0 Å². The number of benzene rings is 1. The summed E-state index contributed by atoms with van der Waals surface area (Å²) in [5, 5.41) is 5.75. The van der Waals surface area contributed by atoms with E-state index in [0.29, 0.717) is 16.9 Å². The lowest BCUT2D eigenvalue weighted by molar-refractivity contribution is -0.140. The van der Waals surface area contributed by atoms with Gasteiger partial charge in [0.05, 0.1) is 19.1 Å². The number of alkyl halides is 3. The smallest absolute Gasteiger partial charge is 0.434 e. The van der Waals surface area contributed by atoms with Crippen molar-refractivity contribution in [2.24, 2.45) is 5.16 Å². The molecule has 3 rings (SSSR count). The molecule has 13 heteroatoms. The molecular weight excluding hydrogens is 451 g/mol. The minimum Gasteiger partial charge on any atom is -0.480 e. The van der Waals surface area contributed by atoms with Gasteiger partial charge in [0.25, 0.3) is 5.91 Å². The van der Waals surface area contributed by atoms with Crippen molar-refractivity contribution in [2.75, 3.05) is 26.6 Å². The van der Waals surface area contributed by atoms with Gasteiger partial charge in [-0.05, 0) is 0 Å². The van der Waals surface area contributed by atoms with Gasteiger partial charge in [-0.3, -0.25) is 10.1 Å². The van der Waals surface area contributed by atoms with Crippen LogP contribution in [0.2, 0.25) is 0 Å². The third-order valence-electron chi connectivity index (χ3n) is 3.95. The summed E-state index contributed by atoms with van der Waals surface area (Å²) in [5.74, 6) is -1.10. The van der Waals surface area contributed by atoms with Crippen molar-refractivity contribution in [2.45, 2.75) is 6.18 Å². The average Bonchev–Trinajstić information content (AvgIpc) is 3.21. The summed E-state index contributed by atoms with van der Waals surface area (Å²) in [6.45, 7) is 0. The zero-order valence-corrected chi connectivity index (χ0v) is 17.7. The molecule has 9 nitrogen and oxygen atoms in total. The highest BCUT2D eigenvalue weighted by molar-refractivity contribution is 7.18. The number of methoxy groups -OCH3 is 2. The van der Waals surface area contributed by atoms with E-state index in [4.69, 9.17) is 14.3 Å². The minimum atomic E-state index is -4.82. The number of carbonyl (C=O) groups is 1. The highest BCUT2D eigenvalue weighted by atomic mass is 32.1. The summed E-state index contributed by atoms with van der Waals surface area (Å²) in [4.78, 5) is 28.4. The monoisotopic (exact) mass is 467 g/mol. The van der Waals surface area contributed by atoms with E-state index in [1.165, 1.54) is 21.3 Å². The van der Waals surface area contributed by atoms with Gasteiger partial charge in [0.15, 0.2) is 16.4 Å². The number of aromatic nitrogens is 3. The number of hydrogen-bond acceptors (Lipinski definition) is 9. The Balaban J connectivity index is 2.06. The highest BCUT2D eigenvalue weighted by Gasteiger charge is 2.40. The quantitative estimate of drug-likeness (QED) is 0.418. The fourth-order valence-electron chi connectivity index (χ4n) is 2.66. The third-order valence-corrected chi connectivity index (χ3v) is 4.93. The van der Waals surface area contributed by atoms with Crippen LogP contribution in [0, 0.1) is 0 Å². The van der Waals surface area contributed by atoms with Crippen molar-refractivity contribution in [1.29, 1.82) is 0 Å². The first kappa shape index (κ1) is 22.9. The van der Waals surface area contributed by atoms with Gasteiger partial charge in [-0.1, -0.05) is 46.8 Å². The molecule has 0 radical (unpaired) electrons. The summed E-state index contributed by atoms with van der Waals surface area (Å²) in [7, 11) is 3.76. The Hall–Kier alpha value is -3.74. The third kappa shape index (κ3) is 4.77. The molecule has 0 fully saturated rings. The van der Waals surface area contributed by atoms with Crippen molar-refractivity contribution in [3.63, 3.8) is 0 Å². The van der Waals surface area contributed by atoms with Crippen molar-refractivity contribution in [3.05, 3.63) is 58.4 Å². The second-order valence-electron chi connectivity index (χ2n) is 5.90. The number of anilines is 1. The number of nitrogens with one attached hydrogen (secondary N) is 1. The number of thiazole rings is 1. The van der Waals surface area contributed by atoms with Crippen molar-refractivity contribution >= 4 is 28.1 Å². The van der Waals surface area contributed by atoms with E-state index < -0.39 is 17.8 Å². The average molecular weight is 467 g/mol. The predicted octanol–water partition coefficient (Wildman–Crippen LogP) is 3.62. The van der Waals surface area contributed by atoms with Gasteiger partial charge in [-0.15, -0.1) is 0 Å². The summed E-state index contributed by atoms with van der Waals surface area (Å²) >= 11 is 0.583. The molecule has 2 aromatic heterocycles. The van der Waals surface area contributed by atoms with Gasteiger partial charge < -0.3 is 14.3 Å². The van der Waals surface area contributed by atoms with Crippen LogP contribution in [0.1, 0.15) is 26.5 Å². The molecule has 0 bridgehead atoms. The molecule has 32 heavy (non-hydrogen) atoms. The zero-order chi connectivity index (χ0) is 23.3. The Morgan fingerprint density at radius 1 is 1.06 bits per heavy atom. The molecule has 1 aromatic carbocycles. The molecule has 0 spiro atoms. The molecule has 0 unspecified atom stereocenters. The number of ether oxygens (including phenoxy) is 2. The van der Waals surface area contributed by atoms with Crippen LogP contribution < -0.4 is 14.8 Å². The number of amides is 1. The topological polar surface area (TPSA) is 108 Å².